The molecule has 0 aromatic rings. The second-order valence-corrected chi connectivity index (χ2v) is 7.81. The average molecular weight is 337 g/mol. The molecule has 0 saturated carbocycles. The Labute approximate surface area is 137 Å². The minimum Gasteiger partial charge on any atom is -0.396 e. The number of rotatable bonds is 17. The Kier molecular flexibility index (Phi) is 15.7. The van der Waals surface area contributed by atoms with Crippen LogP contribution in [0.2, 0.25) is 0 Å². The van der Waals surface area contributed by atoms with E-state index in [-0.39, 0.29) is 19.0 Å². The summed E-state index contributed by atoms with van der Waals surface area (Å²) in [6.07, 6.45) is 15.1. The van der Waals surface area contributed by atoms with E-state index in [1.807, 2.05) is 0 Å². The van der Waals surface area contributed by atoms with Crippen molar-refractivity contribution in [1.82, 2.24) is 0 Å². The first kappa shape index (κ1) is 21.9. The van der Waals surface area contributed by atoms with Gasteiger partial charge in [0.25, 0.3) is 10.1 Å². The van der Waals surface area contributed by atoms with Crippen molar-refractivity contribution in [2.45, 2.75) is 90.4 Å². The van der Waals surface area contributed by atoms with Gasteiger partial charge in [-0.25, -0.2) is 0 Å². The first-order valence-corrected chi connectivity index (χ1v) is 10.7. The molecular formula is C17H36O4S. The summed E-state index contributed by atoms with van der Waals surface area (Å²) >= 11 is 0. The Morgan fingerprint density at radius 3 is 1.64 bits per heavy atom. The molecule has 0 amide bonds. The fourth-order valence-electron chi connectivity index (χ4n) is 2.43. The first-order valence-electron chi connectivity index (χ1n) is 9.10. The molecule has 0 saturated heterocycles. The van der Waals surface area contributed by atoms with Crippen molar-refractivity contribution >= 4 is 10.1 Å². The van der Waals surface area contributed by atoms with Crippen molar-refractivity contribution in [3.05, 3.63) is 0 Å². The summed E-state index contributed by atoms with van der Waals surface area (Å²) in [4.78, 5) is 0. The molecule has 0 aliphatic heterocycles. The van der Waals surface area contributed by atoms with Crippen molar-refractivity contribution in [2.75, 3.05) is 19.0 Å². The van der Waals surface area contributed by atoms with E-state index >= 15 is 0 Å². The lowest BCUT2D eigenvalue weighted by atomic mass is 10.1. The number of hydrogen-bond donors (Lipinski definition) is 1. The fraction of sp³-hybridized carbons (Fsp3) is 1.00. The van der Waals surface area contributed by atoms with Gasteiger partial charge in [0, 0.05) is 6.61 Å². The van der Waals surface area contributed by atoms with Gasteiger partial charge in [0.2, 0.25) is 0 Å². The van der Waals surface area contributed by atoms with Crippen LogP contribution in [0.15, 0.2) is 0 Å². The fourth-order valence-corrected chi connectivity index (χ4v) is 3.48. The van der Waals surface area contributed by atoms with E-state index in [0.717, 1.165) is 12.8 Å². The molecule has 0 aromatic heterocycles. The van der Waals surface area contributed by atoms with Crippen molar-refractivity contribution in [1.29, 1.82) is 0 Å². The largest absolute Gasteiger partial charge is 0.396 e. The molecular weight excluding hydrogens is 300 g/mol. The third-order valence-electron chi connectivity index (χ3n) is 3.81. The summed E-state index contributed by atoms with van der Waals surface area (Å²) in [5.41, 5.74) is 0. The second kappa shape index (κ2) is 15.8. The van der Waals surface area contributed by atoms with Gasteiger partial charge >= 0.3 is 0 Å². The third kappa shape index (κ3) is 16.2. The maximum Gasteiger partial charge on any atom is 0.267 e. The molecule has 0 heterocycles. The molecule has 0 aromatic carbocycles. The summed E-state index contributed by atoms with van der Waals surface area (Å²) in [6.45, 7) is 2.30. The van der Waals surface area contributed by atoms with Crippen LogP contribution in [0.25, 0.3) is 0 Å². The number of hydrogen-bond acceptors (Lipinski definition) is 4. The summed E-state index contributed by atoms with van der Waals surface area (Å²) in [6, 6.07) is 0. The predicted octanol–water partition coefficient (Wildman–Crippen LogP) is 4.42. The van der Waals surface area contributed by atoms with Gasteiger partial charge in [-0.15, -0.1) is 0 Å². The Morgan fingerprint density at radius 1 is 0.727 bits per heavy atom. The summed E-state index contributed by atoms with van der Waals surface area (Å²) in [5, 5.41) is 8.58. The third-order valence-corrected chi connectivity index (χ3v) is 5.13. The summed E-state index contributed by atoms with van der Waals surface area (Å²) < 4.78 is 27.7. The van der Waals surface area contributed by atoms with Gasteiger partial charge in [0.1, 0.15) is 0 Å². The normalized spacial score (nSPS) is 11.9. The summed E-state index contributed by atoms with van der Waals surface area (Å²) in [7, 11) is -3.38. The van der Waals surface area contributed by atoms with Crippen LogP contribution in [0, 0.1) is 0 Å². The van der Waals surface area contributed by atoms with Gasteiger partial charge in [0.15, 0.2) is 0 Å². The smallest absolute Gasteiger partial charge is 0.267 e. The zero-order valence-corrected chi connectivity index (χ0v) is 15.2. The van der Waals surface area contributed by atoms with Gasteiger partial charge in [-0.1, -0.05) is 77.6 Å². The molecule has 0 unspecified atom stereocenters. The monoisotopic (exact) mass is 336 g/mol. The highest BCUT2D eigenvalue weighted by Crippen LogP contribution is 2.12. The molecule has 4 nitrogen and oxygen atoms in total. The Hall–Kier alpha value is -0.130. The van der Waals surface area contributed by atoms with E-state index in [0.29, 0.717) is 12.8 Å². The summed E-state index contributed by atoms with van der Waals surface area (Å²) in [5.74, 6) is 0.107. The van der Waals surface area contributed by atoms with Gasteiger partial charge in [0.05, 0.1) is 12.4 Å². The van der Waals surface area contributed by atoms with E-state index < -0.39 is 10.1 Å². The number of aliphatic hydroxyl groups excluding tert-OH is 1. The van der Waals surface area contributed by atoms with Crippen LogP contribution in [-0.4, -0.2) is 32.5 Å². The molecule has 0 spiro atoms. The zero-order chi connectivity index (χ0) is 16.5. The number of unbranched alkanes of at least 4 members (excludes halogenated alkanes) is 11. The van der Waals surface area contributed by atoms with Gasteiger partial charge in [-0.3, -0.25) is 4.18 Å². The SMILES string of the molecule is CCCCCCCCCCCCCCS(=O)(=O)OCCCO. The van der Waals surface area contributed by atoms with Crippen molar-refractivity contribution < 1.29 is 17.7 Å². The Bertz CT molecular complexity index is 315. The molecule has 0 fully saturated rings. The topological polar surface area (TPSA) is 63.6 Å². The van der Waals surface area contributed by atoms with Crippen LogP contribution < -0.4 is 0 Å². The lowest BCUT2D eigenvalue weighted by Gasteiger charge is -2.05. The number of aliphatic hydroxyl groups is 1. The van der Waals surface area contributed by atoms with Gasteiger partial charge in [-0.2, -0.15) is 8.42 Å². The quantitative estimate of drug-likeness (QED) is 0.315. The van der Waals surface area contributed by atoms with E-state index in [4.69, 9.17) is 9.29 Å². The van der Waals surface area contributed by atoms with Crippen LogP contribution >= 0.6 is 0 Å². The molecule has 1 N–H and O–H groups in total. The Balaban J connectivity index is 3.26. The van der Waals surface area contributed by atoms with Crippen molar-refractivity contribution in [3.8, 4) is 0 Å². The van der Waals surface area contributed by atoms with Crippen LogP contribution in [-0.2, 0) is 14.3 Å². The first-order chi connectivity index (χ1) is 10.6. The van der Waals surface area contributed by atoms with Crippen LogP contribution in [0.3, 0.4) is 0 Å². The van der Waals surface area contributed by atoms with Crippen LogP contribution in [0.1, 0.15) is 90.4 Å². The highest BCUT2D eigenvalue weighted by Gasteiger charge is 2.09. The van der Waals surface area contributed by atoms with Crippen LogP contribution in [0.4, 0.5) is 0 Å². The van der Waals surface area contributed by atoms with E-state index in [9.17, 15) is 8.42 Å². The molecule has 0 radical (unpaired) electrons. The van der Waals surface area contributed by atoms with Gasteiger partial charge < -0.3 is 5.11 Å². The average Bonchev–Trinajstić information content (AvgIpc) is 2.48. The lowest BCUT2D eigenvalue weighted by molar-refractivity contribution is 0.236. The lowest BCUT2D eigenvalue weighted by Crippen LogP contribution is -2.12. The van der Waals surface area contributed by atoms with E-state index in [1.165, 1.54) is 57.8 Å². The van der Waals surface area contributed by atoms with Crippen LogP contribution in [0.5, 0.6) is 0 Å². The molecule has 5 heteroatoms. The molecule has 0 rings (SSSR count). The maximum atomic E-state index is 11.5. The molecule has 0 aliphatic rings. The van der Waals surface area contributed by atoms with E-state index in [2.05, 4.69) is 6.92 Å². The zero-order valence-electron chi connectivity index (χ0n) is 14.4. The second-order valence-electron chi connectivity index (χ2n) is 6.05. The molecule has 0 aliphatic carbocycles. The minimum absolute atomic E-state index is 0.0336. The Morgan fingerprint density at radius 2 is 1.18 bits per heavy atom. The van der Waals surface area contributed by atoms with E-state index in [1.54, 1.807) is 0 Å². The minimum atomic E-state index is -3.38. The highest BCUT2D eigenvalue weighted by molar-refractivity contribution is 7.86. The van der Waals surface area contributed by atoms with Gasteiger partial charge in [-0.05, 0) is 12.8 Å². The standard InChI is InChI=1S/C17H36O4S/c1-2-3-4-5-6-7-8-9-10-11-12-13-17-22(19,20)21-16-14-15-18/h18H,2-17H2,1H3. The molecule has 0 atom stereocenters. The highest BCUT2D eigenvalue weighted by atomic mass is 32.2. The maximum absolute atomic E-state index is 11.5. The molecule has 22 heavy (non-hydrogen) atoms. The molecule has 134 valence electrons. The molecule has 0 bridgehead atoms. The van der Waals surface area contributed by atoms with Crippen molar-refractivity contribution in [2.24, 2.45) is 0 Å². The van der Waals surface area contributed by atoms with Crippen molar-refractivity contribution in [3.63, 3.8) is 0 Å². The predicted molar refractivity (Wildman–Crippen MR) is 92.5 cm³/mol.